The van der Waals surface area contributed by atoms with Gasteiger partial charge in [-0.1, -0.05) is 6.07 Å². The molecule has 3 rings (SSSR count). The van der Waals surface area contributed by atoms with E-state index < -0.39 is 39.5 Å². The summed E-state index contributed by atoms with van der Waals surface area (Å²) in [7, 11) is -2.29. The molecule has 0 spiro atoms. The van der Waals surface area contributed by atoms with Crippen molar-refractivity contribution in [1.29, 1.82) is 0 Å². The SMILES string of the molecule is C[C@H](NC(=O)C1CCN(S(=O)(=O)c2cc(C(N)=O)n(C)c2)CC1)c1ccc(F)c(F)c1. The highest BCUT2D eigenvalue weighted by Crippen LogP contribution is 2.26. The van der Waals surface area contributed by atoms with Crippen LogP contribution in [-0.2, 0) is 21.9 Å². The Kier molecular flexibility index (Phi) is 6.46. The molecule has 0 bridgehead atoms. The fourth-order valence-electron chi connectivity index (χ4n) is 3.62. The van der Waals surface area contributed by atoms with Gasteiger partial charge in [0.2, 0.25) is 15.9 Å². The summed E-state index contributed by atoms with van der Waals surface area (Å²) < 4.78 is 54.9. The van der Waals surface area contributed by atoms with Gasteiger partial charge in [-0.25, -0.2) is 17.2 Å². The molecule has 3 N–H and O–H groups in total. The average molecular weight is 454 g/mol. The lowest BCUT2D eigenvalue weighted by Gasteiger charge is -2.31. The highest BCUT2D eigenvalue weighted by Gasteiger charge is 2.33. The van der Waals surface area contributed by atoms with Gasteiger partial charge in [-0.15, -0.1) is 0 Å². The number of primary amides is 1. The molecule has 1 saturated heterocycles. The largest absolute Gasteiger partial charge is 0.364 e. The molecule has 0 aliphatic carbocycles. The van der Waals surface area contributed by atoms with Crippen molar-refractivity contribution in [3.8, 4) is 0 Å². The van der Waals surface area contributed by atoms with E-state index in [4.69, 9.17) is 5.73 Å². The van der Waals surface area contributed by atoms with Crippen molar-refractivity contribution < 1.29 is 26.8 Å². The zero-order chi connectivity index (χ0) is 22.9. The first-order valence-electron chi connectivity index (χ1n) is 9.72. The second-order valence-electron chi connectivity index (χ2n) is 7.62. The number of sulfonamides is 1. The van der Waals surface area contributed by atoms with Crippen LogP contribution in [0.4, 0.5) is 8.78 Å². The number of halogens is 2. The molecule has 11 heteroatoms. The van der Waals surface area contributed by atoms with Crippen LogP contribution < -0.4 is 11.1 Å². The zero-order valence-corrected chi connectivity index (χ0v) is 18.0. The van der Waals surface area contributed by atoms with Gasteiger partial charge in [-0.05, 0) is 43.5 Å². The summed E-state index contributed by atoms with van der Waals surface area (Å²) in [6.07, 6.45) is 1.95. The maximum atomic E-state index is 13.4. The van der Waals surface area contributed by atoms with Crippen molar-refractivity contribution in [3.63, 3.8) is 0 Å². The van der Waals surface area contributed by atoms with Crippen molar-refractivity contribution in [2.75, 3.05) is 13.1 Å². The third kappa shape index (κ3) is 4.77. The van der Waals surface area contributed by atoms with E-state index in [0.29, 0.717) is 18.4 Å². The van der Waals surface area contributed by atoms with Gasteiger partial charge in [0.1, 0.15) is 10.6 Å². The van der Waals surface area contributed by atoms with Gasteiger partial charge < -0.3 is 15.6 Å². The molecule has 1 aromatic heterocycles. The topological polar surface area (TPSA) is 114 Å². The smallest absolute Gasteiger partial charge is 0.265 e. The fraction of sp³-hybridized carbons (Fsp3) is 0.400. The van der Waals surface area contributed by atoms with Crippen LogP contribution in [0, 0.1) is 17.6 Å². The number of hydrogen-bond acceptors (Lipinski definition) is 4. The first-order valence-corrected chi connectivity index (χ1v) is 11.2. The predicted octanol–water partition coefficient (Wildman–Crippen LogP) is 1.68. The van der Waals surface area contributed by atoms with Crippen LogP contribution in [0.2, 0.25) is 0 Å². The lowest BCUT2D eigenvalue weighted by molar-refractivity contribution is -0.126. The Morgan fingerprint density at radius 3 is 2.35 bits per heavy atom. The van der Waals surface area contributed by atoms with Gasteiger partial charge in [0.15, 0.2) is 11.6 Å². The number of nitrogens with zero attached hydrogens (tertiary/aromatic N) is 2. The Labute approximate surface area is 179 Å². The fourth-order valence-corrected chi connectivity index (χ4v) is 5.17. The number of nitrogens with one attached hydrogen (secondary N) is 1. The quantitative estimate of drug-likeness (QED) is 0.691. The monoisotopic (exact) mass is 454 g/mol. The van der Waals surface area contributed by atoms with Crippen molar-refractivity contribution in [2.45, 2.75) is 30.7 Å². The summed E-state index contributed by atoms with van der Waals surface area (Å²) >= 11 is 0. The number of carbonyl (C=O) groups excluding carboxylic acids is 2. The summed E-state index contributed by atoms with van der Waals surface area (Å²) in [5.74, 6) is -3.36. The van der Waals surface area contributed by atoms with Crippen LogP contribution in [-0.4, -0.2) is 42.2 Å². The highest BCUT2D eigenvalue weighted by molar-refractivity contribution is 7.89. The van der Waals surface area contributed by atoms with E-state index in [2.05, 4.69) is 5.32 Å². The van der Waals surface area contributed by atoms with E-state index >= 15 is 0 Å². The number of aromatic nitrogens is 1. The number of amides is 2. The molecule has 1 aromatic carbocycles. The van der Waals surface area contributed by atoms with E-state index in [-0.39, 0.29) is 29.6 Å². The van der Waals surface area contributed by atoms with Gasteiger partial charge in [0.25, 0.3) is 5.91 Å². The second kappa shape index (κ2) is 8.75. The summed E-state index contributed by atoms with van der Waals surface area (Å²) in [6, 6.07) is 4.15. The lowest BCUT2D eigenvalue weighted by atomic mass is 9.96. The Bertz CT molecular complexity index is 1110. The van der Waals surface area contributed by atoms with Crippen LogP contribution in [0.1, 0.15) is 41.9 Å². The van der Waals surface area contributed by atoms with E-state index in [1.165, 1.54) is 34.2 Å². The highest BCUT2D eigenvalue weighted by atomic mass is 32.2. The van der Waals surface area contributed by atoms with Gasteiger partial charge in [-0.2, -0.15) is 4.31 Å². The molecule has 2 aromatic rings. The molecule has 168 valence electrons. The summed E-state index contributed by atoms with van der Waals surface area (Å²) in [6.45, 7) is 1.94. The first kappa shape index (κ1) is 22.9. The number of rotatable bonds is 6. The van der Waals surface area contributed by atoms with Gasteiger partial charge >= 0.3 is 0 Å². The van der Waals surface area contributed by atoms with E-state index in [1.54, 1.807) is 6.92 Å². The van der Waals surface area contributed by atoms with Gasteiger partial charge in [-0.3, -0.25) is 9.59 Å². The molecule has 1 atom stereocenters. The van der Waals surface area contributed by atoms with Crippen molar-refractivity contribution in [2.24, 2.45) is 18.7 Å². The molecule has 31 heavy (non-hydrogen) atoms. The minimum atomic E-state index is -3.83. The summed E-state index contributed by atoms with van der Waals surface area (Å²) in [5.41, 5.74) is 5.76. The van der Waals surface area contributed by atoms with Crippen LogP contribution in [0.5, 0.6) is 0 Å². The van der Waals surface area contributed by atoms with Crippen molar-refractivity contribution in [3.05, 3.63) is 53.4 Å². The predicted molar refractivity (Wildman–Crippen MR) is 108 cm³/mol. The Balaban J connectivity index is 1.62. The molecular formula is C20H24F2N4O4S. The number of aryl methyl sites for hydroxylation is 1. The standard InChI is InChI=1S/C20H24F2N4O4S/c1-12(14-3-4-16(21)17(22)9-14)24-20(28)13-5-7-26(8-6-13)31(29,30)15-10-18(19(23)27)25(2)11-15/h3-4,9-13H,5-8H2,1-2H3,(H2,23,27)(H,24,28)/t12-/m0/s1. The van der Waals surface area contributed by atoms with Crippen LogP contribution in [0.15, 0.2) is 35.4 Å². The van der Waals surface area contributed by atoms with Gasteiger partial charge in [0, 0.05) is 32.3 Å². The van der Waals surface area contributed by atoms with E-state index in [9.17, 15) is 26.8 Å². The molecule has 1 aliphatic rings. The number of nitrogens with two attached hydrogens (primary N) is 1. The Hall–Kier alpha value is -2.79. The third-order valence-electron chi connectivity index (χ3n) is 5.50. The van der Waals surface area contributed by atoms with Crippen LogP contribution >= 0.6 is 0 Å². The molecule has 2 amide bonds. The third-order valence-corrected chi connectivity index (χ3v) is 7.36. The first-order chi connectivity index (χ1) is 14.5. The maximum absolute atomic E-state index is 13.4. The maximum Gasteiger partial charge on any atom is 0.265 e. The van der Waals surface area contributed by atoms with E-state index in [1.807, 2.05) is 0 Å². The molecule has 0 radical (unpaired) electrons. The van der Waals surface area contributed by atoms with Crippen molar-refractivity contribution >= 4 is 21.8 Å². The number of benzene rings is 1. The minimum Gasteiger partial charge on any atom is -0.364 e. The Morgan fingerprint density at radius 2 is 1.81 bits per heavy atom. The molecule has 1 fully saturated rings. The molecule has 0 saturated carbocycles. The van der Waals surface area contributed by atoms with Crippen molar-refractivity contribution in [1.82, 2.24) is 14.2 Å². The van der Waals surface area contributed by atoms with Crippen LogP contribution in [0.25, 0.3) is 0 Å². The lowest BCUT2D eigenvalue weighted by Crippen LogP contribution is -2.43. The molecular weight excluding hydrogens is 430 g/mol. The number of carbonyl (C=O) groups is 2. The second-order valence-corrected chi connectivity index (χ2v) is 9.56. The van der Waals surface area contributed by atoms with E-state index in [0.717, 1.165) is 12.1 Å². The van der Waals surface area contributed by atoms with Crippen LogP contribution in [0.3, 0.4) is 0 Å². The summed E-state index contributed by atoms with van der Waals surface area (Å²) in [5, 5.41) is 2.77. The molecule has 2 heterocycles. The number of hydrogen-bond donors (Lipinski definition) is 2. The molecule has 0 unspecified atom stereocenters. The molecule has 8 nitrogen and oxygen atoms in total. The minimum absolute atomic E-state index is 0.0290. The zero-order valence-electron chi connectivity index (χ0n) is 17.1. The van der Waals surface area contributed by atoms with Gasteiger partial charge in [0.05, 0.1) is 6.04 Å². The normalized spacial score (nSPS) is 16.8. The average Bonchev–Trinajstić information content (AvgIpc) is 3.13. The molecule has 1 aliphatic heterocycles. The Morgan fingerprint density at radius 1 is 1.16 bits per heavy atom. The number of piperidine rings is 1. The summed E-state index contributed by atoms with van der Waals surface area (Å²) in [4.78, 5) is 23.9.